The van der Waals surface area contributed by atoms with Crippen LogP contribution in [0, 0.1) is 6.92 Å². The molecule has 0 radical (unpaired) electrons. The number of rotatable bonds is 4. The van der Waals surface area contributed by atoms with Gasteiger partial charge in [-0.25, -0.2) is 0 Å². The first kappa shape index (κ1) is 14.1. The summed E-state index contributed by atoms with van der Waals surface area (Å²) in [5, 5.41) is 0. The van der Waals surface area contributed by atoms with Gasteiger partial charge in [0, 0.05) is 16.1 Å². The second kappa shape index (κ2) is 6.22. The zero-order chi connectivity index (χ0) is 13.8. The van der Waals surface area contributed by atoms with Crippen LogP contribution in [0.2, 0.25) is 0 Å². The third-order valence-electron chi connectivity index (χ3n) is 2.94. The van der Waals surface area contributed by atoms with Crippen LogP contribution in [0.3, 0.4) is 0 Å². The lowest BCUT2D eigenvalue weighted by Crippen LogP contribution is -2.08. The van der Waals surface area contributed by atoms with Crippen molar-refractivity contribution in [3.63, 3.8) is 0 Å². The van der Waals surface area contributed by atoms with Crippen LogP contribution in [0.25, 0.3) is 0 Å². The van der Waals surface area contributed by atoms with Gasteiger partial charge in [-0.05, 0) is 43.2 Å². The summed E-state index contributed by atoms with van der Waals surface area (Å²) in [6.07, 6.45) is 0. The molecule has 0 aliphatic rings. The molecule has 0 fully saturated rings. The van der Waals surface area contributed by atoms with Crippen LogP contribution in [0.15, 0.2) is 46.9 Å². The maximum atomic E-state index is 5.97. The van der Waals surface area contributed by atoms with Gasteiger partial charge < -0.3 is 10.5 Å². The molecule has 2 N–H and O–H groups in total. The van der Waals surface area contributed by atoms with Gasteiger partial charge >= 0.3 is 0 Å². The molecule has 0 heterocycles. The minimum absolute atomic E-state index is 0.0295. The molecule has 1 atom stereocenters. The maximum Gasteiger partial charge on any atom is 0.124 e. The molecule has 2 nitrogen and oxygen atoms in total. The van der Waals surface area contributed by atoms with Crippen LogP contribution in [-0.2, 0) is 6.61 Å². The van der Waals surface area contributed by atoms with Gasteiger partial charge in [0.05, 0.1) is 0 Å². The van der Waals surface area contributed by atoms with Crippen molar-refractivity contribution in [2.45, 2.75) is 26.5 Å². The summed E-state index contributed by atoms with van der Waals surface area (Å²) < 4.78 is 6.98. The Bertz CT molecular complexity index is 566. The molecule has 0 aliphatic carbocycles. The molecule has 2 rings (SSSR count). The lowest BCUT2D eigenvalue weighted by Gasteiger charge is -2.15. The lowest BCUT2D eigenvalue weighted by atomic mass is 10.1. The maximum absolute atomic E-state index is 5.97. The Morgan fingerprint density at radius 3 is 2.68 bits per heavy atom. The highest BCUT2D eigenvalue weighted by molar-refractivity contribution is 9.10. The highest BCUT2D eigenvalue weighted by Gasteiger charge is 2.08. The van der Waals surface area contributed by atoms with Gasteiger partial charge in [0.1, 0.15) is 12.4 Å². The summed E-state index contributed by atoms with van der Waals surface area (Å²) in [7, 11) is 0. The zero-order valence-electron chi connectivity index (χ0n) is 11.2. The average molecular weight is 320 g/mol. The average Bonchev–Trinajstić information content (AvgIpc) is 2.36. The summed E-state index contributed by atoms with van der Waals surface area (Å²) in [5.41, 5.74) is 9.32. The Balaban J connectivity index is 2.17. The summed E-state index contributed by atoms with van der Waals surface area (Å²) >= 11 is 3.46. The standard InChI is InChI=1S/C16H18BrNO/c1-11-6-7-15(12(2)18)16(8-11)19-10-13-4-3-5-14(17)9-13/h3-9,12H,10,18H2,1-2H3. The molecule has 0 amide bonds. The molecule has 0 spiro atoms. The molecule has 1 unspecified atom stereocenters. The van der Waals surface area contributed by atoms with Gasteiger partial charge in [0.2, 0.25) is 0 Å². The monoisotopic (exact) mass is 319 g/mol. The summed E-state index contributed by atoms with van der Waals surface area (Å²) in [6, 6.07) is 14.2. The van der Waals surface area contributed by atoms with Crippen molar-refractivity contribution in [2.75, 3.05) is 0 Å². The molecule has 0 aliphatic heterocycles. The van der Waals surface area contributed by atoms with E-state index in [4.69, 9.17) is 10.5 Å². The lowest BCUT2D eigenvalue weighted by molar-refractivity contribution is 0.301. The Kier molecular flexibility index (Phi) is 4.61. The first-order valence-electron chi connectivity index (χ1n) is 6.29. The zero-order valence-corrected chi connectivity index (χ0v) is 12.8. The van der Waals surface area contributed by atoms with E-state index in [2.05, 4.69) is 35.0 Å². The third-order valence-corrected chi connectivity index (χ3v) is 3.44. The summed E-state index contributed by atoms with van der Waals surface area (Å²) in [6.45, 7) is 4.57. The normalized spacial score (nSPS) is 12.2. The van der Waals surface area contributed by atoms with Crippen LogP contribution in [0.4, 0.5) is 0 Å². The molecular weight excluding hydrogens is 302 g/mol. The molecule has 0 bridgehead atoms. The smallest absolute Gasteiger partial charge is 0.124 e. The van der Waals surface area contributed by atoms with E-state index in [1.165, 1.54) is 5.56 Å². The fourth-order valence-corrected chi connectivity index (χ4v) is 2.38. The van der Waals surface area contributed by atoms with E-state index in [0.29, 0.717) is 6.61 Å². The van der Waals surface area contributed by atoms with Crippen LogP contribution in [-0.4, -0.2) is 0 Å². The van der Waals surface area contributed by atoms with Crippen LogP contribution in [0.1, 0.15) is 29.7 Å². The molecule has 0 saturated carbocycles. The van der Waals surface area contributed by atoms with Crippen molar-refractivity contribution in [1.82, 2.24) is 0 Å². The number of nitrogens with two attached hydrogens (primary N) is 1. The van der Waals surface area contributed by atoms with E-state index in [1.54, 1.807) is 0 Å². The SMILES string of the molecule is Cc1ccc(C(C)N)c(OCc2cccc(Br)c2)c1. The third kappa shape index (κ3) is 3.82. The number of aryl methyl sites for hydroxylation is 1. The molecule has 0 aromatic heterocycles. The minimum Gasteiger partial charge on any atom is -0.489 e. The molecule has 3 heteroatoms. The van der Waals surface area contributed by atoms with E-state index in [0.717, 1.165) is 21.3 Å². The van der Waals surface area contributed by atoms with Crippen molar-refractivity contribution in [1.29, 1.82) is 0 Å². The topological polar surface area (TPSA) is 35.2 Å². The van der Waals surface area contributed by atoms with Gasteiger partial charge in [-0.2, -0.15) is 0 Å². The van der Waals surface area contributed by atoms with E-state index in [-0.39, 0.29) is 6.04 Å². The fraction of sp³-hybridized carbons (Fsp3) is 0.250. The molecule has 19 heavy (non-hydrogen) atoms. The number of halogens is 1. The van der Waals surface area contributed by atoms with Crippen molar-refractivity contribution >= 4 is 15.9 Å². The molecular formula is C16H18BrNO. The van der Waals surface area contributed by atoms with Gasteiger partial charge in [0.25, 0.3) is 0 Å². The Labute approximate surface area is 122 Å². The van der Waals surface area contributed by atoms with Crippen molar-refractivity contribution in [2.24, 2.45) is 5.73 Å². The Morgan fingerprint density at radius 1 is 1.21 bits per heavy atom. The van der Waals surface area contributed by atoms with Gasteiger partial charge in [-0.3, -0.25) is 0 Å². The minimum atomic E-state index is -0.0295. The highest BCUT2D eigenvalue weighted by Crippen LogP contribution is 2.26. The second-order valence-electron chi connectivity index (χ2n) is 4.75. The van der Waals surface area contributed by atoms with E-state index in [1.807, 2.05) is 37.3 Å². The number of benzene rings is 2. The largest absolute Gasteiger partial charge is 0.489 e. The summed E-state index contributed by atoms with van der Waals surface area (Å²) in [4.78, 5) is 0. The predicted molar refractivity (Wildman–Crippen MR) is 82.3 cm³/mol. The van der Waals surface area contributed by atoms with E-state index in [9.17, 15) is 0 Å². The molecule has 100 valence electrons. The summed E-state index contributed by atoms with van der Waals surface area (Å²) in [5.74, 6) is 0.870. The van der Waals surface area contributed by atoms with Crippen LogP contribution in [0.5, 0.6) is 5.75 Å². The molecule has 0 saturated heterocycles. The van der Waals surface area contributed by atoms with Crippen LogP contribution < -0.4 is 10.5 Å². The number of hydrogen-bond acceptors (Lipinski definition) is 2. The van der Waals surface area contributed by atoms with Crippen molar-refractivity contribution in [3.8, 4) is 5.75 Å². The number of ether oxygens (including phenoxy) is 1. The highest BCUT2D eigenvalue weighted by atomic mass is 79.9. The van der Waals surface area contributed by atoms with Gasteiger partial charge in [-0.1, -0.05) is 40.2 Å². The van der Waals surface area contributed by atoms with Crippen LogP contribution >= 0.6 is 15.9 Å². The van der Waals surface area contributed by atoms with Gasteiger partial charge in [-0.15, -0.1) is 0 Å². The first-order valence-corrected chi connectivity index (χ1v) is 7.09. The molecule has 2 aromatic rings. The van der Waals surface area contributed by atoms with E-state index >= 15 is 0 Å². The first-order chi connectivity index (χ1) is 9.06. The molecule has 2 aromatic carbocycles. The Morgan fingerprint density at radius 2 is 2.00 bits per heavy atom. The second-order valence-corrected chi connectivity index (χ2v) is 5.66. The number of hydrogen-bond donors (Lipinski definition) is 1. The quantitative estimate of drug-likeness (QED) is 0.908. The van der Waals surface area contributed by atoms with Gasteiger partial charge in [0.15, 0.2) is 0 Å². The fourth-order valence-electron chi connectivity index (χ4n) is 1.93. The Hall–Kier alpha value is -1.32. The van der Waals surface area contributed by atoms with E-state index < -0.39 is 0 Å². The van der Waals surface area contributed by atoms with Crippen molar-refractivity contribution < 1.29 is 4.74 Å². The van der Waals surface area contributed by atoms with Crippen molar-refractivity contribution in [3.05, 3.63) is 63.6 Å². The predicted octanol–water partition coefficient (Wildman–Crippen LogP) is 4.36.